The summed E-state index contributed by atoms with van der Waals surface area (Å²) in [5, 5.41) is 3.05. The molecule has 5 N–H and O–H groups in total. The molecule has 0 aliphatic rings. The second-order valence-corrected chi connectivity index (χ2v) is 3.51. The number of nitrogens with one attached hydrogen (secondary N) is 3. The third-order valence-corrected chi connectivity index (χ3v) is 2.04. The van der Waals surface area contributed by atoms with Gasteiger partial charge in [0.1, 0.15) is 0 Å². The van der Waals surface area contributed by atoms with Crippen molar-refractivity contribution in [2.45, 2.75) is 0 Å². The van der Waals surface area contributed by atoms with Gasteiger partial charge in [-0.15, -0.1) is 0 Å². The normalized spacial score (nSPS) is 9.94. The third kappa shape index (κ3) is 4.79. The van der Waals surface area contributed by atoms with Gasteiger partial charge in [-0.05, 0) is 36.4 Å². The molecule has 0 amide bonds. The number of hydrogen-bond acceptors (Lipinski definition) is 4. The first kappa shape index (κ1) is 12.7. The maximum absolute atomic E-state index is 5.40. The van der Waals surface area contributed by atoms with Crippen molar-refractivity contribution in [3.8, 4) is 0 Å². The van der Waals surface area contributed by atoms with Crippen LogP contribution in [0.5, 0.6) is 0 Å². The molecule has 4 nitrogen and oxygen atoms in total. The molecule has 0 spiro atoms. The molecular weight excluding hydrogens is 212 g/mol. The lowest BCUT2D eigenvalue weighted by Crippen LogP contribution is -2.19. The lowest BCUT2D eigenvalue weighted by molar-refractivity contribution is 1.00. The summed E-state index contributed by atoms with van der Waals surface area (Å²) in [4.78, 5) is 0. The molecule has 0 saturated heterocycles. The average molecular weight is 230 g/mol. The van der Waals surface area contributed by atoms with Crippen LogP contribution in [0.25, 0.3) is 0 Å². The van der Waals surface area contributed by atoms with Gasteiger partial charge >= 0.3 is 0 Å². The van der Waals surface area contributed by atoms with E-state index in [2.05, 4.69) is 29.3 Å². The molecule has 90 valence electrons. The minimum Gasteiger partial charge on any atom is -0.399 e. The van der Waals surface area contributed by atoms with Crippen LogP contribution in [0.15, 0.2) is 61.0 Å². The number of benzene rings is 1. The quantitative estimate of drug-likeness (QED) is 0.447. The molecule has 1 aromatic rings. The van der Waals surface area contributed by atoms with Crippen LogP contribution in [0.3, 0.4) is 0 Å². The maximum Gasteiger partial charge on any atom is 0.0541 e. The van der Waals surface area contributed by atoms with Gasteiger partial charge in [-0.3, -0.25) is 0 Å². The fourth-order valence-electron chi connectivity index (χ4n) is 1.12. The maximum atomic E-state index is 5.40. The van der Waals surface area contributed by atoms with Crippen molar-refractivity contribution in [2.75, 3.05) is 17.8 Å². The zero-order valence-electron chi connectivity index (χ0n) is 9.96. The topological polar surface area (TPSA) is 62.1 Å². The van der Waals surface area contributed by atoms with Gasteiger partial charge in [0.2, 0.25) is 0 Å². The van der Waals surface area contributed by atoms with Crippen molar-refractivity contribution >= 4 is 11.4 Å². The van der Waals surface area contributed by atoms with E-state index in [1.807, 2.05) is 31.3 Å². The van der Waals surface area contributed by atoms with Gasteiger partial charge in [-0.1, -0.05) is 13.2 Å². The average Bonchev–Trinajstić information content (AvgIpc) is 2.34. The number of hydrogen-bond donors (Lipinski definition) is 4. The van der Waals surface area contributed by atoms with Crippen LogP contribution in [0.2, 0.25) is 0 Å². The minimum atomic E-state index is 0.492. The molecule has 0 aliphatic heterocycles. The van der Waals surface area contributed by atoms with Crippen LogP contribution in [-0.2, 0) is 0 Å². The summed E-state index contributed by atoms with van der Waals surface area (Å²) in [6.45, 7) is 7.37. The SMILES string of the molecule is C=C(N)/C=C\C(=C)NNc1ccc(NC)cc1. The lowest BCUT2D eigenvalue weighted by atomic mass is 10.3. The second-order valence-electron chi connectivity index (χ2n) is 3.51. The molecule has 0 aliphatic carbocycles. The highest BCUT2D eigenvalue weighted by Crippen LogP contribution is 2.11. The van der Waals surface area contributed by atoms with E-state index >= 15 is 0 Å². The van der Waals surface area contributed by atoms with Crippen LogP contribution in [0.4, 0.5) is 11.4 Å². The van der Waals surface area contributed by atoms with E-state index in [1.165, 1.54) is 0 Å². The van der Waals surface area contributed by atoms with Gasteiger partial charge in [0.25, 0.3) is 0 Å². The van der Waals surface area contributed by atoms with Crippen molar-refractivity contribution < 1.29 is 0 Å². The van der Waals surface area contributed by atoms with Crippen LogP contribution >= 0.6 is 0 Å². The summed E-state index contributed by atoms with van der Waals surface area (Å²) < 4.78 is 0. The van der Waals surface area contributed by atoms with Gasteiger partial charge in [-0.2, -0.15) is 0 Å². The molecule has 0 unspecified atom stereocenters. The Morgan fingerprint density at radius 2 is 1.71 bits per heavy atom. The molecule has 0 aromatic heterocycles. The molecule has 1 aromatic carbocycles. The number of hydrazine groups is 1. The highest BCUT2D eigenvalue weighted by molar-refractivity contribution is 5.53. The smallest absolute Gasteiger partial charge is 0.0541 e. The van der Waals surface area contributed by atoms with E-state index in [1.54, 1.807) is 12.2 Å². The first-order chi connectivity index (χ1) is 8.11. The Kier molecular flexibility index (Phi) is 4.69. The highest BCUT2D eigenvalue weighted by Gasteiger charge is 1.92. The van der Waals surface area contributed by atoms with E-state index in [0.717, 1.165) is 11.4 Å². The van der Waals surface area contributed by atoms with Crippen LogP contribution < -0.4 is 21.9 Å². The van der Waals surface area contributed by atoms with Crippen molar-refractivity contribution in [3.63, 3.8) is 0 Å². The molecule has 1 rings (SSSR count). The summed E-state index contributed by atoms with van der Waals surface area (Å²) in [7, 11) is 1.88. The highest BCUT2D eigenvalue weighted by atomic mass is 15.4. The summed E-state index contributed by atoms with van der Waals surface area (Å²) in [5.41, 5.74) is 14.6. The first-order valence-corrected chi connectivity index (χ1v) is 5.23. The Bertz CT molecular complexity index is 418. The monoisotopic (exact) mass is 230 g/mol. The molecule has 17 heavy (non-hydrogen) atoms. The van der Waals surface area contributed by atoms with E-state index in [9.17, 15) is 0 Å². The van der Waals surface area contributed by atoms with Crippen molar-refractivity contribution in [1.29, 1.82) is 0 Å². The van der Waals surface area contributed by atoms with Gasteiger partial charge in [0.15, 0.2) is 0 Å². The van der Waals surface area contributed by atoms with Crippen LogP contribution in [0, 0.1) is 0 Å². The first-order valence-electron chi connectivity index (χ1n) is 5.23. The van der Waals surface area contributed by atoms with Crippen molar-refractivity contribution in [2.24, 2.45) is 5.73 Å². The van der Waals surface area contributed by atoms with Crippen LogP contribution in [-0.4, -0.2) is 7.05 Å². The fourth-order valence-corrected chi connectivity index (χ4v) is 1.12. The largest absolute Gasteiger partial charge is 0.399 e. The summed E-state index contributed by atoms with van der Waals surface area (Å²) in [6.07, 6.45) is 3.43. The lowest BCUT2D eigenvalue weighted by Gasteiger charge is -2.10. The zero-order chi connectivity index (χ0) is 12.7. The molecule has 0 heterocycles. The number of nitrogens with two attached hydrogens (primary N) is 1. The van der Waals surface area contributed by atoms with Gasteiger partial charge in [-0.25, -0.2) is 0 Å². The molecule has 0 bridgehead atoms. The Morgan fingerprint density at radius 1 is 1.12 bits per heavy atom. The Hall–Kier alpha value is -2.36. The summed E-state index contributed by atoms with van der Waals surface area (Å²) in [6, 6.07) is 7.87. The number of rotatable bonds is 6. The Morgan fingerprint density at radius 3 is 2.24 bits per heavy atom. The molecule has 0 fully saturated rings. The van der Waals surface area contributed by atoms with Crippen molar-refractivity contribution in [1.82, 2.24) is 5.43 Å². The van der Waals surface area contributed by atoms with Gasteiger partial charge < -0.3 is 21.9 Å². The predicted molar refractivity (Wildman–Crippen MR) is 74.4 cm³/mol. The molecule has 4 heteroatoms. The standard InChI is InChI=1S/C13H18N4/c1-10(14)4-5-11(2)16-17-13-8-6-12(15-3)7-9-13/h4-9,15-17H,1-2,14H2,3H3/b5-4-. The third-order valence-electron chi connectivity index (χ3n) is 2.04. The molecule has 0 saturated carbocycles. The second kappa shape index (κ2) is 6.27. The van der Waals surface area contributed by atoms with E-state index in [0.29, 0.717) is 11.4 Å². The molecule has 0 radical (unpaired) electrons. The number of allylic oxidation sites excluding steroid dienone is 2. The van der Waals surface area contributed by atoms with Crippen LogP contribution in [0.1, 0.15) is 0 Å². The zero-order valence-corrected chi connectivity index (χ0v) is 9.96. The Labute approximate surface area is 102 Å². The molecular formula is C13H18N4. The summed E-state index contributed by atoms with van der Waals surface area (Å²) >= 11 is 0. The predicted octanol–water partition coefficient (Wildman–Crippen LogP) is 2.19. The van der Waals surface area contributed by atoms with Crippen molar-refractivity contribution in [3.05, 3.63) is 61.0 Å². The van der Waals surface area contributed by atoms with Gasteiger partial charge in [0, 0.05) is 24.1 Å². The van der Waals surface area contributed by atoms with E-state index in [4.69, 9.17) is 5.73 Å². The number of anilines is 2. The molecule has 0 atom stereocenters. The minimum absolute atomic E-state index is 0.492. The van der Waals surface area contributed by atoms with Gasteiger partial charge in [0.05, 0.1) is 5.69 Å². The fraction of sp³-hybridized carbons (Fsp3) is 0.0769. The summed E-state index contributed by atoms with van der Waals surface area (Å²) in [5.74, 6) is 0. The van der Waals surface area contributed by atoms with E-state index in [-0.39, 0.29) is 0 Å². The Balaban J connectivity index is 2.44. The van der Waals surface area contributed by atoms with E-state index < -0.39 is 0 Å².